The fourth-order valence-electron chi connectivity index (χ4n) is 3.63. The maximum Gasteiger partial charge on any atom is 0.126 e. The second-order valence-corrected chi connectivity index (χ2v) is 7.64. The average molecular weight is 409 g/mol. The molecule has 4 rings (SSSR count). The zero-order valence-corrected chi connectivity index (χ0v) is 16.8. The zero-order valence-electron chi connectivity index (χ0n) is 16.1. The second kappa shape index (κ2) is 8.36. The van der Waals surface area contributed by atoms with Crippen molar-refractivity contribution in [3.05, 3.63) is 99.8 Å². The van der Waals surface area contributed by atoms with E-state index in [0.29, 0.717) is 11.4 Å². The van der Waals surface area contributed by atoms with Crippen molar-refractivity contribution in [3.8, 4) is 5.75 Å². The molecular formula is C24H22ClFN2O. The lowest BCUT2D eigenvalue weighted by Gasteiger charge is -2.31. The monoisotopic (exact) mass is 408 g/mol. The van der Waals surface area contributed by atoms with E-state index in [0.717, 1.165) is 28.8 Å². The highest BCUT2D eigenvalue weighted by molar-refractivity contribution is 6.30. The molecule has 2 N–H and O–H groups in total. The molecule has 148 valence electrons. The Morgan fingerprint density at radius 2 is 1.79 bits per heavy atom. The van der Waals surface area contributed by atoms with Crippen LogP contribution in [0.3, 0.4) is 0 Å². The van der Waals surface area contributed by atoms with Gasteiger partial charge in [0.1, 0.15) is 17.7 Å². The number of hydrogen-bond donors (Lipinski definition) is 2. The molecule has 0 fully saturated rings. The summed E-state index contributed by atoms with van der Waals surface area (Å²) in [5.74, 6) is -0.0970. The van der Waals surface area contributed by atoms with Crippen LogP contribution in [0, 0.1) is 5.82 Å². The fourth-order valence-corrected chi connectivity index (χ4v) is 3.81. The van der Waals surface area contributed by atoms with E-state index in [1.807, 2.05) is 0 Å². The van der Waals surface area contributed by atoms with E-state index in [4.69, 9.17) is 16.6 Å². The topological polar surface area (TPSA) is 44.6 Å². The molecule has 0 radical (unpaired) electrons. The van der Waals surface area contributed by atoms with Gasteiger partial charge in [-0.05, 0) is 53.4 Å². The summed E-state index contributed by atoms with van der Waals surface area (Å²) in [6.07, 6.45) is 1.23. The van der Waals surface area contributed by atoms with Crippen LogP contribution < -0.4 is 5.32 Å². The van der Waals surface area contributed by atoms with E-state index in [1.165, 1.54) is 17.7 Å². The van der Waals surface area contributed by atoms with E-state index in [9.17, 15) is 9.50 Å². The van der Waals surface area contributed by atoms with Gasteiger partial charge in [-0.15, -0.1) is 0 Å². The van der Waals surface area contributed by atoms with E-state index >= 15 is 0 Å². The van der Waals surface area contributed by atoms with Crippen LogP contribution in [-0.4, -0.2) is 10.8 Å². The summed E-state index contributed by atoms with van der Waals surface area (Å²) in [4.78, 5) is 4.90. The van der Waals surface area contributed by atoms with Gasteiger partial charge in [0, 0.05) is 28.8 Å². The number of nitrogens with zero attached hydrogens (tertiary/aromatic N) is 1. The maximum atomic E-state index is 13.4. The lowest BCUT2D eigenvalue weighted by molar-refractivity contribution is 0.412. The van der Waals surface area contributed by atoms with Crippen molar-refractivity contribution in [1.29, 1.82) is 0 Å². The Labute approximate surface area is 174 Å². The van der Waals surface area contributed by atoms with Crippen LogP contribution in [-0.2, 0) is 6.42 Å². The molecule has 0 saturated carbocycles. The van der Waals surface area contributed by atoms with Crippen molar-refractivity contribution >= 4 is 17.3 Å². The Kier molecular flexibility index (Phi) is 5.65. The van der Waals surface area contributed by atoms with Crippen molar-refractivity contribution in [3.63, 3.8) is 0 Å². The summed E-state index contributed by atoms with van der Waals surface area (Å²) in [7, 11) is 0. The number of aliphatic imine (C=N–C) groups is 1. The lowest BCUT2D eigenvalue weighted by atomic mass is 9.93. The first kappa shape index (κ1) is 19.6. The van der Waals surface area contributed by atoms with Crippen molar-refractivity contribution in [2.75, 3.05) is 0 Å². The largest absolute Gasteiger partial charge is 0.508 e. The predicted molar refractivity (Wildman–Crippen MR) is 115 cm³/mol. The number of rotatable bonds is 4. The lowest BCUT2D eigenvalue weighted by Crippen LogP contribution is -2.33. The molecule has 5 heteroatoms. The van der Waals surface area contributed by atoms with Crippen LogP contribution >= 0.6 is 11.6 Å². The first-order valence-electron chi connectivity index (χ1n) is 9.69. The number of aromatic hydroxyl groups is 1. The average Bonchev–Trinajstić information content (AvgIpc) is 2.75. The van der Waals surface area contributed by atoms with Gasteiger partial charge < -0.3 is 5.11 Å². The number of halogens is 2. The summed E-state index contributed by atoms with van der Waals surface area (Å²) in [6.45, 7) is 2.12. The van der Waals surface area contributed by atoms with E-state index < -0.39 is 0 Å². The SMILES string of the molecule is CCc1ccc(C2=NC(c3ccc(F)cc3)NC(c3cc(Cl)ccc3O)C2)cc1. The first-order valence-corrected chi connectivity index (χ1v) is 10.1. The molecule has 2 atom stereocenters. The van der Waals surface area contributed by atoms with Gasteiger partial charge in [-0.1, -0.05) is 54.9 Å². The Morgan fingerprint density at radius 1 is 1.07 bits per heavy atom. The number of aryl methyl sites for hydroxylation is 1. The summed E-state index contributed by atoms with van der Waals surface area (Å²) in [6, 6.07) is 19.6. The summed E-state index contributed by atoms with van der Waals surface area (Å²) in [5, 5.41) is 14.4. The van der Waals surface area contributed by atoms with Crippen molar-refractivity contribution in [1.82, 2.24) is 5.32 Å². The normalized spacial score (nSPS) is 19.1. The molecule has 0 aromatic heterocycles. The number of hydrogen-bond acceptors (Lipinski definition) is 3. The van der Waals surface area contributed by atoms with Gasteiger partial charge in [-0.25, -0.2) is 4.39 Å². The molecule has 3 aromatic rings. The van der Waals surface area contributed by atoms with Gasteiger partial charge >= 0.3 is 0 Å². The number of phenolic OH excluding ortho intramolecular Hbond substituents is 1. The molecule has 3 aromatic carbocycles. The van der Waals surface area contributed by atoms with E-state index in [2.05, 4.69) is 36.5 Å². The Balaban J connectivity index is 1.75. The van der Waals surface area contributed by atoms with Crippen molar-refractivity contribution in [2.24, 2.45) is 4.99 Å². The molecule has 0 amide bonds. The molecule has 3 nitrogen and oxygen atoms in total. The third kappa shape index (κ3) is 4.34. The summed E-state index contributed by atoms with van der Waals surface area (Å²) in [5.41, 5.74) is 4.83. The third-order valence-corrected chi connectivity index (χ3v) is 5.52. The van der Waals surface area contributed by atoms with Crippen molar-refractivity contribution < 1.29 is 9.50 Å². The van der Waals surface area contributed by atoms with Crippen LogP contribution in [0.25, 0.3) is 0 Å². The van der Waals surface area contributed by atoms with Crippen molar-refractivity contribution in [2.45, 2.75) is 32.0 Å². The van der Waals surface area contributed by atoms with Gasteiger partial charge in [0.2, 0.25) is 0 Å². The maximum absolute atomic E-state index is 13.4. The third-order valence-electron chi connectivity index (χ3n) is 5.29. The predicted octanol–water partition coefficient (Wildman–Crippen LogP) is 5.97. The highest BCUT2D eigenvalue weighted by Gasteiger charge is 2.27. The van der Waals surface area contributed by atoms with Gasteiger partial charge in [-0.2, -0.15) is 0 Å². The number of nitrogens with one attached hydrogen (secondary N) is 1. The highest BCUT2D eigenvalue weighted by atomic mass is 35.5. The van der Waals surface area contributed by atoms with Gasteiger partial charge in [0.25, 0.3) is 0 Å². The van der Waals surface area contributed by atoms with Gasteiger partial charge in [0.15, 0.2) is 0 Å². The molecule has 0 saturated heterocycles. The molecular weight excluding hydrogens is 387 g/mol. The molecule has 1 aliphatic heterocycles. The molecule has 1 heterocycles. The molecule has 0 bridgehead atoms. The molecule has 2 unspecified atom stereocenters. The minimum absolute atomic E-state index is 0.179. The minimum atomic E-state index is -0.353. The minimum Gasteiger partial charge on any atom is -0.508 e. The van der Waals surface area contributed by atoms with Crippen LogP contribution in [0.1, 0.15) is 47.8 Å². The van der Waals surface area contributed by atoms with Crippen LogP contribution in [0.15, 0.2) is 71.7 Å². The number of phenols is 1. The first-order chi connectivity index (χ1) is 14.0. The molecule has 0 spiro atoms. The molecule has 29 heavy (non-hydrogen) atoms. The summed E-state index contributed by atoms with van der Waals surface area (Å²) >= 11 is 6.18. The Hall–Kier alpha value is -2.69. The smallest absolute Gasteiger partial charge is 0.126 e. The van der Waals surface area contributed by atoms with E-state index in [-0.39, 0.29) is 23.8 Å². The fraction of sp³-hybridized carbons (Fsp3) is 0.208. The van der Waals surface area contributed by atoms with Gasteiger partial charge in [-0.3, -0.25) is 10.3 Å². The number of benzene rings is 3. The molecule has 0 aliphatic carbocycles. The summed E-state index contributed by atoms with van der Waals surface area (Å²) < 4.78 is 13.4. The zero-order chi connectivity index (χ0) is 20.4. The quantitative estimate of drug-likeness (QED) is 0.558. The molecule has 1 aliphatic rings. The van der Waals surface area contributed by atoms with Gasteiger partial charge in [0.05, 0.1) is 0 Å². The van der Waals surface area contributed by atoms with Crippen LogP contribution in [0.2, 0.25) is 5.02 Å². The Morgan fingerprint density at radius 3 is 2.48 bits per heavy atom. The second-order valence-electron chi connectivity index (χ2n) is 7.21. The van der Waals surface area contributed by atoms with E-state index in [1.54, 1.807) is 30.3 Å². The van der Waals surface area contributed by atoms with Crippen LogP contribution in [0.5, 0.6) is 5.75 Å². The Bertz CT molecular complexity index is 1030. The highest BCUT2D eigenvalue weighted by Crippen LogP contribution is 2.35. The van der Waals surface area contributed by atoms with Crippen LogP contribution in [0.4, 0.5) is 4.39 Å². The standard InChI is InChI=1S/C24H22ClFN2O/c1-2-15-3-5-16(6-4-15)21-14-22(20-13-18(25)9-12-23(20)29)28-24(27-21)17-7-10-19(26)11-8-17/h3-13,22,24,28-29H,2,14H2,1H3.